The summed E-state index contributed by atoms with van der Waals surface area (Å²) >= 11 is 0. The summed E-state index contributed by atoms with van der Waals surface area (Å²) in [6.07, 6.45) is 3.34. The SMILES string of the molecule is CC1(CCNC(=O)CCc2ccco2)OCCO1. The largest absolute Gasteiger partial charge is 0.469 e. The minimum absolute atomic E-state index is 0.0213. The predicted molar refractivity (Wildman–Crippen MR) is 65.0 cm³/mol. The number of ether oxygens (including phenoxy) is 2. The first-order valence-electron chi connectivity index (χ1n) is 6.25. The van der Waals surface area contributed by atoms with Gasteiger partial charge in [0.25, 0.3) is 0 Å². The van der Waals surface area contributed by atoms with Gasteiger partial charge in [0.1, 0.15) is 5.76 Å². The van der Waals surface area contributed by atoms with E-state index < -0.39 is 5.79 Å². The molecule has 2 rings (SSSR count). The van der Waals surface area contributed by atoms with Gasteiger partial charge in [-0.1, -0.05) is 0 Å². The number of hydrogen-bond acceptors (Lipinski definition) is 4. The van der Waals surface area contributed by atoms with E-state index in [2.05, 4.69) is 5.32 Å². The van der Waals surface area contributed by atoms with Crippen molar-refractivity contribution < 1.29 is 18.7 Å². The van der Waals surface area contributed by atoms with Crippen LogP contribution in [0.2, 0.25) is 0 Å². The third-order valence-corrected chi connectivity index (χ3v) is 2.98. The maximum absolute atomic E-state index is 11.6. The van der Waals surface area contributed by atoms with E-state index in [1.807, 2.05) is 19.1 Å². The Labute approximate surface area is 106 Å². The van der Waals surface area contributed by atoms with Crippen LogP contribution in [0.3, 0.4) is 0 Å². The summed E-state index contributed by atoms with van der Waals surface area (Å²) in [7, 11) is 0. The van der Waals surface area contributed by atoms with Crippen LogP contribution < -0.4 is 5.32 Å². The molecule has 2 heterocycles. The van der Waals surface area contributed by atoms with Gasteiger partial charge in [-0.3, -0.25) is 4.79 Å². The van der Waals surface area contributed by atoms with Gasteiger partial charge in [0.2, 0.25) is 5.91 Å². The van der Waals surface area contributed by atoms with Crippen molar-refractivity contribution in [2.24, 2.45) is 0 Å². The molecule has 1 aliphatic rings. The fourth-order valence-electron chi connectivity index (χ4n) is 1.91. The molecule has 0 bridgehead atoms. The summed E-state index contributed by atoms with van der Waals surface area (Å²) in [4.78, 5) is 11.6. The van der Waals surface area contributed by atoms with Crippen molar-refractivity contribution in [1.82, 2.24) is 5.32 Å². The highest BCUT2D eigenvalue weighted by molar-refractivity contribution is 5.76. The molecule has 1 amide bonds. The average molecular weight is 253 g/mol. The van der Waals surface area contributed by atoms with Crippen molar-refractivity contribution in [3.8, 4) is 0 Å². The Morgan fingerprint density at radius 1 is 1.44 bits per heavy atom. The van der Waals surface area contributed by atoms with Gasteiger partial charge >= 0.3 is 0 Å². The number of furan rings is 1. The van der Waals surface area contributed by atoms with E-state index in [9.17, 15) is 4.79 Å². The van der Waals surface area contributed by atoms with Gasteiger partial charge in [0.15, 0.2) is 5.79 Å². The maximum atomic E-state index is 11.6. The van der Waals surface area contributed by atoms with Crippen LogP contribution in [0, 0.1) is 0 Å². The predicted octanol–water partition coefficient (Wildman–Crippen LogP) is 1.48. The molecule has 1 aromatic heterocycles. The van der Waals surface area contributed by atoms with Gasteiger partial charge in [0.05, 0.1) is 19.5 Å². The highest BCUT2D eigenvalue weighted by atomic mass is 16.7. The van der Waals surface area contributed by atoms with E-state index in [-0.39, 0.29) is 5.91 Å². The maximum Gasteiger partial charge on any atom is 0.220 e. The first-order valence-corrected chi connectivity index (χ1v) is 6.25. The standard InChI is InChI=1S/C13H19NO4/c1-13(17-9-10-18-13)6-7-14-12(15)5-4-11-3-2-8-16-11/h2-3,8H,4-7,9-10H2,1H3,(H,14,15). The lowest BCUT2D eigenvalue weighted by atomic mass is 10.2. The van der Waals surface area contributed by atoms with Crippen LogP contribution in [0.1, 0.15) is 25.5 Å². The van der Waals surface area contributed by atoms with Gasteiger partial charge in [-0.25, -0.2) is 0 Å². The number of carbonyl (C=O) groups is 1. The molecule has 1 fully saturated rings. The highest BCUT2D eigenvalue weighted by Gasteiger charge is 2.30. The van der Waals surface area contributed by atoms with Crippen molar-refractivity contribution in [3.63, 3.8) is 0 Å². The molecule has 0 unspecified atom stereocenters. The molecule has 0 aromatic carbocycles. The number of aryl methyl sites for hydroxylation is 1. The van der Waals surface area contributed by atoms with Crippen LogP contribution in [0.15, 0.2) is 22.8 Å². The molecule has 5 nitrogen and oxygen atoms in total. The Kier molecular flexibility index (Phi) is 4.38. The lowest BCUT2D eigenvalue weighted by Gasteiger charge is -2.22. The first kappa shape index (κ1) is 13.1. The van der Waals surface area contributed by atoms with Crippen molar-refractivity contribution >= 4 is 5.91 Å². The zero-order chi connectivity index (χ0) is 12.8. The van der Waals surface area contributed by atoms with Crippen molar-refractivity contribution in [2.75, 3.05) is 19.8 Å². The number of rotatable bonds is 6. The van der Waals surface area contributed by atoms with Gasteiger partial charge in [-0.2, -0.15) is 0 Å². The van der Waals surface area contributed by atoms with Crippen LogP contribution >= 0.6 is 0 Å². The van der Waals surface area contributed by atoms with Crippen LogP contribution in [0.4, 0.5) is 0 Å². The molecule has 1 N–H and O–H groups in total. The van der Waals surface area contributed by atoms with E-state index in [4.69, 9.17) is 13.9 Å². The summed E-state index contributed by atoms with van der Waals surface area (Å²) in [5.74, 6) is 0.321. The molecule has 0 atom stereocenters. The molecule has 5 heteroatoms. The third kappa shape index (κ3) is 3.85. The third-order valence-electron chi connectivity index (χ3n) is 2.98. The minimum Gasteiger partial charge on any atom is -0.469 e. The zero-order valence-corrected chi connectivity index (χ0v) is 10.6. The summed E-state index contributed by atoms with van der Waals surface area (Å²) in [6.45, 7) is 3.72. The Balaban J connectivity index is 1.60. The van der Waals surface area contributed by atoms with Crippen molar-refractivity contribution in [1.29, 1.82) is 0 Å². The summed E-state index contributed by atoms with van der Waals surface area (Å²) in [6, 6.07) is 3.69. The van der Waals surface area contributed by atoms with E-state index in [0.717, 1.165) is 5.76 Å². The van der Waals surface area contributed by atoms with E-state index in [1.165, 1.54) is 0 Å². The molecule has 1 aromatic rings. The second-order valence-electron chi connectivity index (χ2n) is 4.51. The molecular weight excluding hydrogens is 234 g/mol. The summed E-state index contributed by atoms with van der Waals surface area (Å²) < 4.78 is 16.1. The van der Waals surface area contributed by atoms with E-state index in [0.29, 0.717) is 39.0 Å². The lowest BCUT2D eigenvalue weighted by Crippen LogP contribution is -2.33. The zero-order valence-electron chi connectivity index (χ0n) is 10.6. The van der Waals surface area contributed by atoms with Crippen LogP contribution in [-0.4, -0.2) is 31.5 Å². The topological polar surface area (TPSA) is 60.7 Å². The normalized spacial score (nSPS) is 17.8. The van der Waals surface area contributed by atoms with Gasteiger partial charge < -0.3 is 19.2 Å². The molecule has 0 saturated carbocycles. The highest BCUT2D eigenvalue weighted by Crippen LogP contribution is 2.21. The summed E-state index contributed by atoms with van der Waals surface area (Å²) in [5, 5.41) is 2.86. The molecule has 100 valence electrons. The average Bonchev–Trinajstić information content (AvgIpc) is 2.98. The number of carbonyl (C=O) groups excluding carboxylic acids is 1. The molecule has 1 aliphatic heterocycles. The Bertz CT molecular complexity index is 368. The van der Waals surface area contributed by atoms with Gasteiger partial charge in [-0.15, -0.1) is 0 Å². The molecule has 1 saturated heterocycles. The molecule has 0 aliphatic carbocycles. The number of amides is 1. The Morgan fingerprint density at radius 2 is 2.22 bits per heavy atom. The van der Waals surface area contributed by atoms with Crippen molar-refractivity contribution in [3.05, 3.63) is 24.2 Å². The first-order chi connectivity index (χ1) is 8.68. The molecule has 18 heavy (non-hydrogen) atoms. The molecule has 0 radical (unpaired) electrons. The van der Waals surface area contributed by atoms with Crippen LogP contribution in [-0.2, 0) is 20.7 Å². The van der Waals surface area contributed by atoms with E-state index in [1.54, 1.807) is 6.26 Å². The molecular formula is C13H19NO4. The minimum atomic E-state index is -0.533. The van der Waals surface area contributed by atoms with Crippen LogP contribution in [0.5, 0.6) is 0 Å². The second-order valence-corrected chi connectivity index (χ2v) is 4.51. The van der Waals surface area contributed by atoms with Crippen molar-refractivity contribution in [2.45, 2.75) is 32.0 Å². The molecule has 0 spiro atoms. The monoisotopic (exact) mass is 253 g/mol. The smallest absolute Gasteiger partial charge is 0.220 e. The number of nitrogens with one attached hydrogen (secondary N) is 1. The Hall–Kier alpha value is -1.33. The quantitative estimate of drug-likeness (QED) is 0.834. The summed E-state index contributed by atoms with van der Waals surface area (Å²) in [5.41, 5.74) is 0. The number of hydrogen-bond donors (Lipinski definition) is 1. The lowest BCUT2D eigenvalue weighted by molar-refractivity contribution is -0.146. The fourth-order valence-corrected chi connectivity index (χ4v) is 1.91. The Morgan fingerprint density at radius 3 is 2.89 bits per heavy atom. The van der Waals surface area contributed by atoms with Crippen LogP contribution in [0.25, 0.3) is 0 Å². The van der Waals surface area contributed by atoms with E-state index >= 15 is 0 Å². The second kappa shape index (κ2) is 6.02. The van der Waals surface area contributed by atoms with Gasteiger partial charge in [-0.05, 0) is 19.1 Å². The fraction of sp³-hybridized carbons (Fsp3) is 0.615. The van der Waals surface area contributed by atoms with Gasteiger partial charge in [0, 0.05) is 25.8 Å².